The maximum atomic E-state index is 13.8. The second kappa shape index (κ2) is 11.4. The zero-order valence-corrected chi connectivity index (χ0v) is 25.8. The third kappa shape index (κ3) is 5.19. The average molecular weight is 619 g/mol. The second-order valence-electron chi connectivity index (χ2n) is 11.3. The van der Waals surface area contributed by atoms with Crippen LogP contribution in [0, 0.1) is 6.92 Å². The van der Waals surface area contributed by atoms with E-state index < -0.39 is 17.7 Å². The van der Waals surface area contributed by atoms with Gasteiger partial charge in [0, 0.05) is 12.0 Å². The summed E-state index contributed by atoms with van der Waals surface area (Å²) in [6, 6.07) is 25.3. The van der Waals surface area contributed by atoms with Crippen LogP contribution in [0.1, 0.15) is 40.8 Å². The maximum Gasteiger partial charge on any atom is 0.301 e. The molecule has 0 spiro atoms. The van der Waals surface area contributed by atoms with Gasteiger partial charge in [0.1, 0.15) is 24.2 Å². The summed E-state index contributed by atoms with van der Waals surface area (Å²) in [7, 11) is 1.54. The molecular formula is C36H30N2O6S. The van der Waals surface area contributed by atoms with Crippen LogP contribution in [-0.4, -0.2) is 35.0 Å². The van der Waals surface area contributed by atoms with Gasteiger partial charge in [-0.3, -0.25) is 14.5 Å². The molecule has 0 radical (unpaired) electrons. The first-order chi connectivity index (χ1) is 21.8. The van der Waals surface area contributed by atoms with E-state index in [1.807, 2.05) is 68.4 Å². The monoisotopic (exact) mass is 618 g/mol. The van der Waals surface area contributed by atoms with Crippen molar-refractivity contribution in [3.05, 3.63) is 118 Å². The number of rotatable bonds is 7. The van der Waals surface area contributed by atoms with Gasteiger partial charge in [-0.25, -0.2) is 4.98 Å². The van der Waals surface area contributed by atoms with Crippen molar-refractivity contribution in [2.45, 2.75) is 39.0 Å². The highest BCUT2D eigenvalue weighted by molar-refractivity contribution is 7.22. The van der Waals surface area contributed by atoms with E-state index in [1.54, 1.807) is 30.3 Å². The Hall–Kier alpha value is -5.15. The van der Waals surface area contributed by atoms with Crippen LogP contribution >= 0.6 is 11.3 Å². The number of hydrogen-bond donors (Lipinski definition) is 1. The minimum absolute atomic E-state index is 0.0146. The molecule has 2 atom stereocenters. The summed E-state index contributed by atoms with van der Waals surface area (Å²) < 4.78 is 18.5. The van der Waals surface area contributed by atoms with Crippen LogP contribution in [0.15, 0.2) is 90.5 Å². The number of nitrogens with zero attached hydrogens (tertiary/aromatic N) is 2. The first-order valence-corrected chi connectivity index (χ1v) is 15.4. The Labute approximate surface area is 264 Å². The van der Waals surface area contributed by atoms with Crippen molar-refractivity contribution in [2.24, 2.45) is 0 Å². The fourth-order valence-electron chi connectivity index (χ4n) is 5.90. The van der Waals surface area contributed by atoms with E-state index in [4.69, 9.17) is 19.2 Å². The summed E-state index contributed by atoms with van der Waals surface area (Å²) in [5.41, 5.74) is 4.68. The topological polar surface area (TPSA) is 98.2 Å². The maximum absolute atomic E-state index is 13.8. The number of carbonyl (C=O) groups is 2. The predicted molar refractivity (Wildman–Crippen MR) is 173 cm³/mol. The Balaban J connectivity index is 1.35. The van der Waals surface area contributed by atoms with Crippen LogP contribution in [0.2, 0.25) is 0 Å². The number of aliphatic hydroxyl groups is 1. The highest BCUT2D eigenvalue weighted by atomic mass is 32.1. The highest BCUT2D eigenvalue weighted by Crippen LogP contribution is 2.46. The molecule has 45 heavy (non-hydrogen) atoms. The summed E-state index contributed by atoms with van der Waals surface area (Å²) in [5, 5.41) is 12.1. The number of amides is 1. The van der Waals surface area contributed by atoms with Gasteiger partial charge in [0.05, 0.1) is 28.9 Å². The Bertz CT molecular complexity index is 2000. The van der Waals surface area contributed by atoms with Gasteiger partial charge in [-0.1, -0.05) is 53.8 Å². The van der Waals surface area contributed by atoms with Crippen molar-refractivity contribution in [1.82, 2.24) is 4.98 Å². The Morgan fingerprint density at radius 2 is 1.84 bits per heavy atom. The minimum atomic E-state index is -0.966. The zero-order chi connectivity index (χ0) is 31.2. The predicted octanol–water partition coefficient (Wildman–Crippen LogP) is 7.14. The molecule has 5 aromatic rings. The number of thiazole rings is 1. The largest absolute Gasteiger partial charge is 0.507 e. The summed E-state index contributed by atoms with van der Waals surface area (Å²) in [6.45, 7) is 4.30. The van der Waals surface area contributed by atoms with E-state index >= 15 is 0 Å². The number of methoxy groups -OCH3 is 1. The van der Waals surface area contributed by atoms with Gasteiger partial charge in [0.2, 0.25) is 0 Å². The van der Waals surface area contributed by atoms with Crippen molar-refractivity contribution in [2.75, 3.05) is 12.0 Å². The van der Waals surface area contributed by atoms with Gasteiger partial charge in [-0.05, 0) is 78.6 Å². The second-order valence-corrected chi connectivity index (χ2v) is 12.3. The summed E-state index contributed by atoms with van der Waals surface area (Å²) in [6.07, 6.45) is 0.696. The van der Waals surface area contributed by atoms with Crippen molar-refractivity contribution in [3.63, 3.8) is 0 Å². The van der Waals surface area contributed by atoms with Crippen molar-refractivity contribution < 1.29 is 28.9 Å². The van der Waals surface area contributed by atoms with Crippen LogP contribution in [-0.2, 0) is 22.6 Å². The molecule has 1 amide bonds. The lowest BCUT2D eigenvalue weighted by Crippen LogP contribution is -2.29. The van der Waals surface area contributed by atoms with Crippen LogP contribution in [0.3, 0.4) is 0 Å². The molecule has 8 nitrogen and oxygen atoms in total. The smallest absolute Gasteiger partial charge is 0.301 e. The number of Topliss-reactive ketones (excluding diaryl/α,β-unsaturated/α-hetero) is 1. The number of ether oxygens (including phenoxy) is 3. The Kier molecular flexibility index (Phi) is 7.25. The number of anilines is 1. The van der Waals surface area contributed by atoms with E-state index in [-0.39, 0.29) is 17.4 Å². The van der Waals surface area contributed by atoms with Crippen LogP contribution in [0.25, 0.3) is 16.0 Å². The van der Waals surface area contributed by atoms with Crippen LogP contribution in [0.5, 0.6) is 17.2 Å². The van der Waals surface area contributed by atoms with Gasteiger partial charge in [0.15, 0.2) is 16.6 Å². The standard InChI is InChI=1S/C36H30N2O6S/c1-20-9-12-26-30(15-20)45-36(37-26)38-32(23-10-14-28(29(18-23)42-3)43-19-22-7-5-4-6-8-22)31(34(40)35(38)41)33(39)24-11-13-27-25(17-24)16-21(2)44-27/h4-15,17-18,21,32,39H,16,19H2,1-3H3/b33-31+/t21-,32-/m0/s1. The highest BCUT2D eigenvalue weighted by Gasteiger charge is 2.48. The molecule has 0 aliphatic carbocycles. The average Bonchev–Trinajstić information content (AvgIpc) is 3.71. The normalized spacial score (nSPS) is 18.7. The van der Waals surface area contributed by atoms with E-state index in [2.05, 4.69) is 0 Å². The number of hydrogen-bond acceptors (Lipinski definition) is 8. The Morgan fingerprint density at radius 1 is 1.02 bits per heavy atom. The molecule has 0 unspecified atom stereocenters. The molecule has 2 aliphatic rings. The van der Waals surface area contributed by atoms with E-state index in [0.717, 1.165) is 32.7 Å². The van der Waals surface area contributed by atoms with E-state index in [0.29, 0.717) is 40.8 Å². The summed E-state index contributed by atoms with van der Waals surface area (Å²) >= 11 is 1.32. The first-order valence-electron chi connectivity index (χ1n) is 14.6. The van der Waals surface area contributed by atoms with Gasteiger partial charge < -0.3 is 19.3 Å². The summed E-state index contributed by atoms with van der Waals surface area (Å²) in [4.78, 5) is 33.7. The molecule has 2 aliphatic heterocycles. The number of ketones is 1. The van der Waals surface area contributed by atoms with Crippen molar-refractivity contribution >= 4 is 44.1 Å². The number of aryl methyl sites for hydroxylation is 1. The van der Waals surface area contributed by atoms with Gasteiger partial charge in [0.25, 0.3) is 5.78 Å². The van der Waals surface area contributed by atoms with Crippen molar-refractivity contribution in [1.29, 1.82) is 0 Å². The molecular weight excluding hydrogens is 588 g/mol. The lowest BCUT2D eigenvalue weighted by molar-refractivity contribution is -0.132. The van der Waals surface area contributed by atoms with Crippen molar-refractivity contribution in [3.8, 4) is 17.2 Å². The molecule has 1 aromatic heterocycles. The van der Waals surface area contributed by atoms with E-state index in [9.17, 15) is 14.7 Å². The number of aromatic nitrogens is 1. The summed E-state index contributed by atoms with van der Waals surface area (Å²) in [5.74, 6) is -0.136. The third-order valence-electron chi connectivity index (χ3n) is 8.09. The molecule has 9 heteroatoms. The lowest BCUT2D eigenvalue weighted by Gasteiger charge is -2.24. The lowest BCUT2D eigenvalue weighted by atomic mass is 9.94. The molecule has 0 bridgehead atoms. The Morgan fingerprint density at radius 3 is 2.64 bits per heavy atom. The van der Waals surface area contributed by atoms with Gasteiger partial charge in [-0.2, -0.15) is 0 Å². The minimum Gasteiger partial charge on any atom is -0.507 e. The molecule has 0 saturated carbocycles. The number of aliphatic hydroxyl groups excluding tert-OH is 1. The van der Waals surface area contributed by atoms with Gasteiger partial charge in [-0.15, -0.1) is 0 Å². The fourth-order valence-corrected chi connectivity index (χ4v) is 6.99. The molecule has 1 fully saturated rings. The molecule has 4 aromatic carbocycles. The van der Waals surface area contributed by atoms with Crippen LogP contribution in [0.4, 0.5) is 5.13 Å². The molecule has 226 valence electrons. The first kappa shape index (κ1) is 28.6. The number of carbonyl (C=O) groups excluding carboxylic acids is 2. The molecule has 3 heterocycles. The number of fused-ring (bicyclic) bond motifs is 2. The fraction of sp³-hybridized carbons (Fsp3) is 0.194. The zero-order valence-electron chi connectivity index (χ0n) is 24.9. The molecule has 1 N–H and O–H groups in total. The van der Waals surface area contributed by atoms with Gasteiger partial charge >= 0.3 is 5.91 Å². The quantitative estimate of drug-likeness (QED) is 0.118. The third-order valence-corrected chi connectivity index (χ3v) is 9.11. The number of benzene rings is 4. The SMILES string of the molecule is COc1cc([C@H]2/C(=C(\O)c3ccc4c(c3)C[C@H](C)O4)C(=O)C(=O)N2c2nc3ccc(C)cc3s2)ccc1OCc1ccccc1. The van der Waals surface area contributed by atoms with Crippen LogP contribution < -0.4 is 19.1 Å². The molecule has 7 rings (SSSR count). The molecule has 1 saturated heterocycles. The van der Waals surface area contributed by atoms with E-state index in [1.165, 1.54) is 23.3 Å².